The largest absolute Gasteiger partial charge is 0.493 e. The van der Waals surface area contributed by atoms with E-state index in [1.807, 2.05) is 11.4 Å². The standard InChI is InChI=1S/C20H21N3O4S/c1-13-10-19(25)23-15(12-28-20(23)22-13)8-9-21-18(24)7-5-14-4-6-16(26-2)17(11-14)27-3/h4-7,10-12H,8-9H2,1-3H3,(H,21,24)/b7-5-. The molecule has 3 rings (SSSR count). The number of hydrogen-bond acceptors (Lipinski definition) is 6. The van der Waals surface area contributed by atoms with Crippen LogP contribution in [0, 0.1) is 6.92 Å². The summed E-state index contributed by atoms with van der Waals surface area (Å²) in [6.45, 7) is 2.22. The normalized spacial score (nSPS) is 11.1. The molecule has 1 N–H and O–H groups in total. The molecule has 0 aliphatic rings. The summed E-state index contributed by atoms with van der Waals surface area (Å²) in [6, 6.07) is 6.92. The molecule has 2 aromatic heterocycles. The van der Waals surface area contributed by atoms with Gasteiger partial charge >= 0.3 is 0 Å². The maximum Gasteiger partial charge on any atom is 0.258 e. The predicted octanol–water partition coefficient (Wildman–Crippen LogP) is 2.45. The van der Waals surface area contributed by atoms with Gasteiger partial charge in [0.2, 0.25) is 5.91 Å². The molecule has 0 atom stereocenters. The molecule has 28 heavy (non-hydrogen) atoms. The Kier molecular flexibility index (Phi) is 6.10. The van der Waals surface area contributed by atoms with E-state index in [9.17, 15) is 9.59 Å². The molecule has 0 aliphatic carbocycles. The molecule has 0 saturated carbocycles. The van der Waals surface area contributed by atoms with Gasteiger partial charge in [0.25, 0.3) is 5.56 Å². The second-order valence-corrected chi connectivity index (χ2v) is 6.91. The van der Waals surface area contributed by atoms with Crippen LogP contribution in [0.3, 0.4) is 0 Å². The van der Waals surface area contributed by atoms with Crippen LogP contribution in [0.15, 0.2) is 40.5 Å². The summed E-state index contributed by atoms with van der Waals surface area (Å²) in [4.78, 5) is 29.2. The first-order chi connectivity index (χ1) is 13.5. The molecular formula is C20H21N3O4S. The van der Waals surface area contributed by atoms with Gasteiger partial charge in [-0.25, -0.2) is 4.98 Å². The lowest BCUT2D eigenvalue weighted by atomic mass is 10.2. The van der Waals surface area contributed by atoms with E-state index in [-0.39, 0.29) is 11.5 Å². The number of aryl methyl sites for hydroxylation is 1. The Bertz CT molecular complexity index is 1080. The fourth-order valence-electron chi connectivity index (χ4n) is 2.76. The number of carbonyl (C=O) groups is 1. The summed E-state index contributed by atoms with van der Waals surface area (Å²) < 4.78 is 12.0. The molecule has 1 aromatic carbocycles. The monoisotopic (exact) mass is 399 g/mol. The van der Waals surface area contributed by atoms with Gasteiger partial charge < -0.3 is 14.8 Å². The third-order valence-electron chi connectivity index (χ3n) is 4.12. The van der Waals surface area contributed by atoms with E-state index in [4.69, 9.17) is 9.47 Å². The van der Waals surface area contributed by atoms with Gasteiger partial charge in [-0.1, -0.05) is 6.07 Å². The van der Waals surface area contributed by atoms with Crippen LogP contribution in [0.2, 0.25) is 0 Å². The number of thiazole rings is 1. The smallest absolute Gasteiger partial charge is 0.258 e. The van der Waals surface area contributed by atoms with E-state index in [2.05, 4.69) is 10.3 Å². The summed E-state index contributed by atoms with van der Waals surface area (Å²) in [5, 5.41) is 4.72. The zero-order valence-electron chi connectivity index (χ0n) is 15.9. The number of benzene rings is 1. The highest BCUT2D eigenvalue weighted by atomic mass is 32.1. The minimum atomic E-state index is -0.212. The number of amides is 1. The van der Waals surface area contributed by atoms with Crippen LogP contribution in [0.25, 0.3) is 11.0 Å². The molecule has 2 heterocycles. The van der Waals surface area contributed by atoms with E-state index in [0.717, 1.165) is 11.3 Å². The fourth-order valence-corrected chi connectivity index (χ4v) is 3.73. The topological polar surface area (TPSA) is 81.9 Å². The van der Waals surface area contributed by atoms with Crippen molar-refractivity contribution in [1.82, 2.24) is 14.7 Å². The zero-order chi connectivity index (χ0) is 20.1. The Morgan fingerprint density at radius 2 is 2.04 bits per heavy atom. The third-order valence-corrected chi connectivity index (χ3v) is 4.99. The minimum absolute atomic E-state index is 0.0987. The van der Waals surface area contributed by atoms with E-state index < -0.39 is 0 Å². The highest BCUT2D eigenvalue weighted by molar-refractivity contribution is 7.15. The Morgan fingerprint density at radius 1 is 1.25 bits per heavy atom. The van der Waals surface area contributed by atoms with Gasteiger partial charge in [-0.05, 0) is 30.7 Å². The van der Waals surface area contributed by atoms with E-state index in [1.165, 1.54) is 23.5 Å². The van der Waals surface area contributed by atoms with Crippen molar-refractivity contribution in [3.05, 3.63) is 63.0 Å². The zero-order valence-corrected chi connectivity index (χ0v) is 16.7. The van der Waals surface area contributed by atoms with Crippen molar-refractivity contribution in [1.29, 1.82) is 0 Å². The number of rotatable bonds is 7. The van der Waals surface area contributed by atoms with Gasteiger partial charge in [0.1, 0.15) is 0 Å². The molecule has 0 radical (unpaired) electrons. The average Bonchev–Trinajstić information content (AvgIpc) is 3.09. The summed E-state index contributed by atoms with van der Waals surface area (Å²) in [5.41, 5.74) is 2.26. The summed E-state index contributed by atoms with van der Waals surface area (Å²) in [6.07, 6.45) is 3.71. The van der Waals surface area contributed by atoms with Crippen molar-refractivity contribution >= 4 is 28.3 Å². The number of nitrogens with zero attached hydrogens (tertiary/aromatic N) is 2. The molecule has 146 valence electrons. The molecule has 0 fully saturated rings. The lowest BCUT2D eigenvalue weighted by molar-refractivity contribution is -0.116. The molecule has 7 nitrogen and oxygen atoms in total. The Morgan fingerprint density at radius 3 is 2.79 bits per heavy atom. The second-order valence-electron chi connectivity index (χ2n) is 6.07. The van der Waals surface area contributed by atoms with Crippen molar-refractivity contribution in [3.8, 4) is 11.5 Å². The van der Waals surface area contributed by atoms with E-state index in [1.54, 1.807) is 43.8 Å². The number of ether oxygens (including phenoxy) is 2. The molecule has 1 amide bonds. The van der Waals surface area contributed by atoms with Gasteiger partial charge in [0.15, 0.2) is 16.5 Å². The molecular weight excluding hydrogens is 378 g/mol. The molecule has 0 bridgehead atoms. The van der Waals surface area contributed by atoms with E-state index in [0.29, 0.717) is 35.1 Å². The van der Waals surface area contributed by atoms with Crippen molar-refractivity contribution in [2.24, 2.45) is 0 Å². The minimum Gasteiger partial charge on any atom is -0.493 e. The lowest BCUT2D eigenvalue weighted by Gasteiger charge is -2.07. The number of hydrogen-bond donors (Lipinski definition) is 1. The van der Waals surface area contributed by atoms with E-state index >= 15 is 0 Å². The molecule has 0 spiro atoms. The first-order valence-corrected chi connectivity index (χ1v) is 9.54. The predicted molar refractivity (Wildman–Crippen MR) is 109 cm³/mol. The first-order valence-electron chi connectivity index (χ1n) is 8.66. The number of aromatic nitrogens is 2. The van der Waals surface area contributed by atoms with Crippen LogP contribution in [0.5, 0.6) is 11.5 Å². The average molecular weight is 399 g/mol. The Balaban J connectivity index is 1.59. The van der Waals surface area contributed by atoms with Gasteiger partial charge in [-0.15, -0.1) is 11.3 Å². The number of nitrogens with one attached hydrogen (secondary N) is 1. The number of fused-ring (bicyclic) bond motifs is 1. The van der Waals surface area contributed by atoms with Crippen molar-refractivity contribution in [2.45, 2.75) is 13.3 Å². The third kappa shape index (κ3) is 4.40. The fraction of sp³-hybridized carbons (Fsp3) is 0.250. The number of methoxy groups -OCH3 is 2. The van der Waals surface area contributed by atoms with Crippen molar-refractivity contribution in [2.75, 3.05) is 20.8 Å². The van der Waals surface area contributed by atoms with Gasteiger partial charge in [0, 0.05) is 41.9 Å². The summed E-state index contributed by atoms with van der Waals surface area (Å²) in [5.74, 6) is 1.02. The van der Waals surface area contributed by atoms with Crippen molar-refractivity contribution < 1.29 is 14.3 Å². The van der Waals surface area contributed by atoms with Crippen LogP contribution in [0.4, 0.5) is 0 Å². The molecule has 0 unspecified atom stereocenters. The van der Waals surface area contributed by atoms with Crippen LogP contribution in [-0.4, -0.2) is 36.1 Å². The molecule has 0 aliphatic heterocycles. The lowest BCUT2D eigenvalue weighted by Crippen LogP contribution is -2.25. The Labute approximate surface area is 166 Å². The van der Waals surface area contributed by atoms with Crippen LogP contribution in [0.1, 0.15) is 17.0 Å². The molecule has 3 aromatic rings. The highest BCUT2D eigenvalue weighted by Crippen LogP contribution is 2.27. The van der Waals surface area contributed by atoms with Crippen molar-refractivity contribution in [3.63, 3.8) is 0 Å². The maximum absolute atomic E-state index is 12.1. The van der Waals surface area contributed by atoms with Crippen LogP contribution < -0.4 is 20.3 Å². The summed E-state index contributed by atoms with van der Waals surface area (Å²) in [7, 11) is 3.14. The summed E-state index contributed by atoms with van der Waals surface area (Å²) >= 11 is 1.42. The second kappa shape index (κ2) is 8.71. The number of carbonyl (C=O) groups excluding carboxylic acids is 1. The van der Waals surface area contributed by atoms with Crippen LogP contribution >= 0.6 is 11.3 Å². The van der Waals surface area contributed by atoms with Gasteiger partial charge in [0.05, 0.1) is 14.2 Å². The van der Waals surface area contributed by atoms with Gasteiger partial charge in [-0.2, -0.15) is 0 Å². The maximum atomic E-state index is 12.1. The highest BCUT2D eigenvalue weighted by Gasteiger charge is 2.08. The Hall–Kier alpha value is -3.13. The van der Waals surface area contributed by atoms with Gasteiger partial charge in [-0.3, -0.25) is 14.0 Å². The first kappa shape index (κ1) is 19.6. The SMILES string of the molecule is COc1ccc(/C=C\C(=O)NCCc2csc3nc(C)cc(=O)n23)cc1OC. The van der Waals surface area contributed by atoms with Crippen LogP contribution in [-0.2, 0) is 11.2 Å². The molecule has 0 saturated heterocycles. The molecule has 8 heteroatoms. The quantitative estimate of drug-likeness (QED) is 0.617.